The monoisotopic (exact) mass is 561 g/mol. The molecule has 3 amide bonds. The highest BCUT2D eigenvalue weighted by Crippen LogP contribution is 2.34. The molecule has 11 nitrogen and oxygen atoms in total. The summed E-state index contributed by atoms with van der Waals surface area (Å²) in [6, 6.07) is 12.2. The lowest BCUT2D eigenvalue weighted by Crippen LogP contribution is -2.53. The molecular formula is C30H35N5O6. The maximum Gasteiger partial charge on any atom is 0.419 e. The van der Waals surface area contributed by atoms with Crippen molar-refractivity contribution in [2.45, 2.75) is 32.7 Å². The summed E-state index contributed by atoms with van der Waals surface area (Å²) in [5, 5.41) is 8.73. The van der Waals surface area contributed by atoms with Crippen LogP contribution < -0.4 is 26.4 Å². The summed E-state index contributed by atoms with van der Waals surface area (Å²) in [6.45, 7) is 4.42. The van der Waals surface area contributed by atoms with Crippen LogP contribution >= 0.6 is 0 Å². The third-order valence-corrected chi connectivity index (χ3v) is 7.61. The van der Waals surface area contributed by atoms with E-state index in [1.54, 1.807) is 36.4 Å². The van der Waals surface area contributed by atoms with Gasteiger partial charge in [0.15, 0.2) is 5.58 Å². The number of hydrogen-bond donors (Lipinski definition) is 3. The second-order valence-corrected chi connectivity index (χ2v) is 10.4. The number of likely N-dealkylation sites (tertiary alicyclic amines) is 1. The zero-order chi connectivity index (χ0) is 28.8. The average Bonchev–Trinajstić information content (AvgIpc) is 3.28. The van der Waals surface area contributed by atoms with Crippen LogP contribution in [-0.2, 0) is 16.1 Å². The number of para-hydroxylation sites is 1. The van der Waals surface area contributed by atoms with Crippen molar-refractivity contribution in [3.8, 4) is 5.75 Å². The van der Waals surface area contributed by atoms with Crippen LogP contribution in [0.4, 0.5) is 5.69 Å². The molecule has 1 aromatic heterocycles. The quantitative estimate of drug-likeness (QED) is 0.417. The van der Waals surface area contributed by atoms with Crippen molar-refractivity contribution < 1.29 is 23.5 Å². The van der Waals surface area contributed by atoms with Crippen LogP contribution in [0.5, 0.6) is 5.75 Å². The number of benzene rings is 2. The Hall–Kier alpha value is -4.38. The number of anilines is 1. The molecule has 41 heavy (non-hydrogen) atoms. The molecule has 216 valence electrons. The number of carbonyl (C=O) groups excluding carboxylic acids is 3. The van der Waals surface area contributed by atoms with Gasteiger partial charge in [0.1, 0.15) is 12.4 Å². The van der Waals surface area contributed by atoms with Gasteiger partial charge >= 0.3 is 5.76 Å². The lowest BCUT2D eigenvalue weighted by atomic mass is 9.76. The molecule has 3 N–H and O–H groups in total. The van der Waals surface area contributed by atoms with Gasteiger partial charge in [-0.05, 0) is 57.0 Å². The molecule has 5 rings (SSSR count). The molecule has 1 spiro atoms. The third kappa shape index (κ3) is 6.35. The van der Waals surface area contributed by atoms with Gasteiger partial charge in [0.2, 0.25) is 11.8 Å². The molecule has 2 aromatic carbocycles. The molecule has 1 unspecified atom stereocenters. The predicted octanol–water partition coefficient (Wildman–Crippen LogP) is 2.52. The first-order valence-corrected chi connectivity index (χ1v) is 14.0. The maximum atomic E-state index is 13.5. The summed E-state index contributed by atoms with van der Waals surface area (Å²) in [5.74, 6) is -0.501. The Kier molecular flexibility index (Phi) is 8.53. The number of hydrogen-bond acceptors (Lipinski definition) is 7. The van der Waals surface area contributed by atoms with E-state index in [2.05, 4.69) is 16.0 Å². The van der Waals surface area contributed by atoms with Crippen molar-refractivity contribution in [2.24, 2.45) is 5.41 Å². The third-order valence-electron chi connectivity index (χ3n) is 7.61. The predicted molar refractivity (Wildman–Crippen MR) is 154 cm³/mol. The second-order valence-electron chi connectivity index (χ2n) is 10.4. The summed E-state index contributed by atoms with van der Waals surface area (Å²) in [7, 11) is 0. The van der Waals surface area contributed by atoms with E-state index in [-0.39, 0.29) is 44.0 Å². The van der Waals surface area contributed by atoms with E-state index in [1.807, 2.05) is 30.0 Å². The average molecular weight is 562 g/mol. The number of aryl methyl sites for hydroxylation is 1. The molecule has 0 radical (unpaired) electrons. The van der Waals surface area contributed by atoms with Crippen LogP contribution in [0.15, 0.2) is 63.8 Å². The number of nitrogens with one attached hydrogen (secondary N) is 3. The lowest BCUT2D eigenvalue weighted by Gasteiger charge is -2.41. The van der Waals surface area contributed by atoms with Crippen LogP contribution in [0.2, 0.25) is 0 Å². The first-order chi connectivity index (χ1) is 19.9. The minimum Gasteiger partial charge on any atom is -0.489 e. The number of piperidine rings is 1. The van der Waals surface area contributed by atoms with E-state index >= 15 is 0 Å². The Morgan fingerprint density at radius 2 is 1.90 bits per heavy atom. The van der Waals surface area contributed by atoms with Crippen LogP contribution in [0.1, 0.15) is 36.5 Å². The van der Waals surface area contributed by atoms with E-state index in [0.717, 1.165) is 6.42 Å². The van der Waals surface area contributed by atoms with E-state index in [1.165, 1.54) is 4.57 Å². The van der Waals surface area contributed by atoms with Gasteiger partial charge in [-0.2, -0.15) is 0 Å². The van der Waals surface area contributed by atoms with Crippen LogP contribution in [-0.4, -0.2) is 66.5 Å². The zero-order valence-electron chi connectivity index (χ0n) is 23.1. The lowest BCUT2D eigenvalue weighted by molar-refractivity contribution is -0.135. The molecule has 0 saturated carbocycles. The highest BCUT2D eigenvalue weighted by Gasteiger charge is 2.41. The number of nitrogens with zero attached hydrogens (tertiary/aromatic N) is 2. The van der Waals surface area contributed by atoms with Gasteiger partial charge in [-0.1, -0.05) is 24.3 Å². The van der Waals surface area contributed by atoms with Crippen LogP contribution in [0, 0.1) is 5.41 Å². The van der Waals surface area contributed by atoms with Gasteiger partial charge < -0.3 is 25.1 Å². The number of oxazole rings is 1. The van der Waals surface area contributed by atoms with E-state index in [4.69, 9.17) is 9.15 Å². The number of aromatic nitrogens is 1. The van der Waals surface area contributed by atoms with Crippen molar-refractivity contribution in [3.63, 3.8) is 0 Å². The number of rotatable bonds is 4. The SMILES string of the molecule is CCn1c(=O)oc2cc(NC(=O)CN3CCCC4(C/C=C\COc5ccccc5C(=O)NCCNC4=O)C3)ccc21. The number of ether oxygens (including phenoxy) is 1. The summed E-state index contributed by atoms with van der Waals surface area (Å²) in [4.78, 5) is 53.1. The van der Waals surface area contributed by atoms with Gasteiger partial charge in [-0.15, -0.1) is 0 Å². The molecule has 0 bridgehead atoms. The summed E-state index contributed by atoms with van der Waals surface area (Å²) in [5.41, 5.74) is 1.36. The van der Waals surface area contributed by atoms with Crippen molar-refractivity contribution in [2.75, 3.05) is 44.6 Å². The van der Waals surface area contributed by atoms with Crippen molar-refractivity contribution in [1.29, 1.82) is 0 Å². The zero-order valence-corrected chi connectivity index (χ0v) is 23.1. The Bertz CT molecular complexity index is 1530. The van der Waals surface area contributed by atoms with E-state index in [0.29, 0.717) is 60.6 Å². The number of carbonyl (C=O) groups is 3. The number of fused-ring (bicyclic) bond motifs is 2. The minimum absolute atomic E-state index is 0.0965. The van der Waals surface area contributed by atoms with Crippen molar-refractivity contribution in [3.05, 3.63) is 70.7 Å². The molecule has 1 atom stereocenters. The molecule has 2 aliphatic rings. The molecular weight excluding hydrogens is 526 g/mol. The molecule has 11 heteroatoms. The topological polar surface area (TPSA) is 135 Å². The fourth-order valence-electron chi connectivity index (χ4n) is 5.58. The van der Waals surface area contributed by atoms with Gasteiger partial charge in [0, 0.05) is 37.9 Å². The fraction of sp³-hybridized carbons (Fsp3) is 0.400. The van der Waals surface area contributed by atoms with Gasteiger partial charge in [0.25, 0.3) is 5.91 Å². The molecule has 0 aliphatic carbocycles. The van der Waals surface area contributed by atoms with Gasteiger partial charge in [0.05, 0.1) is 23.0 Å². The summed E-state index contributed by atoms with van der Waals surface area (Å²) >= 11 is 0. The fourth-order valence-corrected chi connectivity index (χ4v) is 5.58. The van der Waals surface area contributed by atoms with Gasteiger partial charge in [-0.3, -0.25) is 23.9 Å². The smallest absolute Gasteiger partial charge is 0.419 e. The molecule has 1 saturated heterocycles. The van der Waals surface area contributed by atoms with Crippen LogP contribution in [0.3, 0.4) is 0 Å². The maximum absolute atomic E-state index is 13.5. The Morgan fingerprint density at radius 1 is 1.07 bits per heavy atom. The summed E-state index contributed by atoms with van der Waals surface area (Å²) < 4.78 is 12.7. The van der Waals surface area contributed by atoms with Gasteiger partial charge in [-0.25, -0.2) is 4.79 Å². The molecule has 3 aromatic rings. The summed E-state index contributed by atoms with van der Waals surface area (Å²) in [6.07, 6.45) is 5.75. The van der Waals surface area contributed by atoms with E-state index < -0.39 is 11.2 Å². The first kappa shape index (κ1) is 28.2. The molecule has 1 fully saturated rings. The number of amides is 3. The second kappa shape index (κ2) is 12.4. The molecule has 2 aliphatic heterocycles. The minimum atomic E-state index is -0.716. The Morgan fingerprint density at radius 3 is 2.76 bits per heavy atom. The molecule has 3 heterocycles. The highest BCUT2D eigenvalue weighted by molar-refractivity contribution is 5.97. The highest BCUT2D eigenvalue weighted by atomic mass is 16.5. The normalized spacial score (nSPS) is 21.3. The van der Waals surface area contributed by atoms with Crippen molar-refractivity contribution in [1.82, 2.24) is 20.1 Å². The largest absolute Gasteiger partial charge is 0.489 e. The Balaban J connectivity index is 1.25. The van der Waals surface area contributed by atoms with E-state index in [9.17, 15) is 19.2 Å². The number of allylic oxidation sites excluding steroid dienone is 1. The van der Waals surface area contributed by atoms with Crippen LogP contribution in [0.25, 0.3) is 11.1 Å². The standard InChI is InChI=1S/C30H35N5O6/c1-2-35-23-11-10-21(18-25(23)41-29(35)39)33-26(36)19-34-16-7-13-30(20-34)12-5-6-17-40-24-9-4-3-8-22(24)27(37)31-14-15-32-28(30)38/h3-6,8-11,18H,2,7,12-17,19-20H2,1H3,(H,31,37)(H,32,38)(H,33,36)/b6-5-. The Labute approximate surface area is 237 Å². The first-order valence-electron chi connectivity index (χ1n) is 14.0. The van der Waals surface area contributed by atoms with Crippen molar-refractivity contribution >= 4 is 34.5 Å².